The lowest BCUT2D eigenvalue weighted by Crippen LogP contribution is -2.38. The van der Waals surface area contributed by atoms with E-state index in [9.17, 15) is 10.2 Å². The van der Waals surface area contributed by atoms with E-state index in [0.717, 1.165) is 11.1 Å². The van der Waals surface area contributed by atoms with E-state index in [1.165, 1.54) is 0 Å². The zero-order chi connectivity index (χ0) is 17.6. The predicted octanol–water partition coefficient (Wildman–Crippen LogP) is 2.96. The van der Waals surface area contributed by atoms with Crippen LogP contribution in [0.15, 0.2) is 48.5 Å². The van der Waals surface area contributed by atoms with Crippen LogP contribution in [0.2, 0.25) is 0 Å². The molecule has 1 atom stereocenters. The molecule has 4 heteroatoms. The molecule has 3 N–H and O–H groups in total. The van der Waals surface area contributed by atoms with Crippen LogP contribution in [0.5, 0.6) is 5.75 Å². The Morgan fingerprint density at radius 2 is 1.83 bits per heavy atom. The highest BCUT2D eigenvalue weighted by molar-refractivity contribution is 5.39. The smallest absolute Gasteiger partial charge is 0.125 e. The lowest BCUT2D eigenvalue weighted by atomic mass is 9.94. The summed E-state index contributed by atoms with van der Waals surface area (Å²) in [7, 11) is 0. The number of hydrogen-bond acceptors (Lipinski definition) is 4. The van der Waals surface area contributed by atoms with Crippen LogP contribution in [0.1, 0.15) is 37.5 Å². The molecule has 0 fully saturated rings. The van der Waals surface area contributed by atoms with Gasteiger partial charge in [0.1, 0.15) is 12.4 Å². The second-order valence-corrected chi connectivity index (χ2v) is 6.56. The fourth-order valence-electron chi connectivity index (χ4n) is 2.42. The summed E-state index contributed by atoms with van der Waals surface area (Å²) in [6.07, 6.45) is 0. The molecule has 0 saturated carbocycles. The molecule has 0 unspecified atom stereocenters. The van der Waals surface area contributed by atoms with Crippen molar-refractivity contribution in [2.75, 3.05) is 6.54 Å². The first kappa shape index (κ1) is 18.5. The second kappa shape index (κ2) is 8.29. The van der Waals surface area contributed by atoms with Gasteiger partial charge in [-0.25, -0.2) is 0 Å². The highest BCUT2D eigenvalue weighted by Gasteiger charge is 2.24. The third kappa shape index (κ3) is 5.06. The van der Waals surface area contributed by atoms with Crippen LogP contribution in [0, 0.1) is 0 Å². The molecule has 0 spiro atoms. The van der Waals surface area contributed by atoms with Crippen LogP contribution in [-0.4, -0.2) is 22.8 Å². The molecule has 2 aromatic rings. The summed E-state index contributed by atoms with van der Waals surface area (Å²) in [4.78, 5) is 0. The van der Waals surface area contributed by atoms with E-state index in [0.29, 0.717) is 30.5 Å². The molecule has 2 rings (SSSR count). The summed E-state index contributed by atoms with van der Waals surface area (Å²) in [6, 6.07) is 15.6. The molecule has 0 saturated heterocycles. The van der Waals surface area contributed by atoms with Gasteiger partial charge >= 0.3 is 0 Å². The van der Waals surface area contributed by atoms with Crippen molar-refractivity contribution in [1.29, 1.82) is 0 Å². The van der Waals surface area contributed by atoms with Gasteiger partial charge in [-0.05, 0) is 30.2 Å². The molecule has 24 heavy (non-hydrogen) atoms. The van der Waals surface area contributed by atoms with E-state index >= 15 is 0 Å². The van der Waals surface area contributed by atoms with Gasteiger partial charge in [0.25, 0.3) is 0 Å². The maximum Gasteiger partial charge on any atom is 0.125 e. The van der Waals surface area contributed by atoms with Crippen molar-refractivity contribution in [3.8, 4) is 5.75 Å². The van der Waals surface area contributed by atoms with Crippen molar-refractivity contribution in [3.63, 3.8) is 0 Å². The molecular formula is C20H27NO3. The van der Waals surface area contributed by atoms with E-state index in [1.54, 1.807) is 6.92 Å². The lowest BCUT2D eigenvalue weighted by Gasteiger charge is -2.26. The Morgan fingerprint density at radius 1 is 1.12 bits per heavy atom. The van der Waals surface area contributed by atoms with Crippen LogP contribution in [0.3, 0.4) is 0 Å². The fourth-order valence-corrected chi connectivity index (χ4v) is 2.42. The molecule has 0 aromatic heterocycles. The van der Waals surface area contributed by atoms with E-state index in [2.05, 4.69) is 5.32 Å². The number of aliphatic hydroxyl groups excluding tert-OH is 1. The molecule has 0 aliphatic carbocycles. The van der Waals surface area contributed by atoms with E-state index in [-0.39, 0.29) is 6.61 Å². The van der Waals surface area contributed by atoms with Gasteiger partial charge in [-0.1, -0.05) is 50.2 Å². The molecule has 0 radical (unpaired) electrons. The third-order valence-electron chi connectivity index (χ3n) is 3.94. The Kier molecular flexibility index (Phi) is 6.37. The minimum absolute atomic E-state index is 0.133. The number of aliphatic hydroxyl groups is 2. The second-order valence-electron chi connectivity index (χ2n) is 6.56. The van der Waals surface area contributed by atoms with Crippen LogP contribution >= 0.6 is 0 Å². The van der Waals surface area contributed by atoms with Crippen LogP contribution in [0.25, 0.3) is 0 Å². The largest absolute Gasteiger partial charge is 0.489 e. The molecule has 0 amide bonds. The van der Waals surface area contributed by atoms with Gasteiger partial charge in [-0.2, -0.15) is 0 Å². The minimum Gasteiger partial charge on any atom is -0.489 e. The van der Waals surface area contributed by atoms with E-state index < -0.39 is 5.60 Å². The summed E-state index contributed by atoms with van der Waals surface area (Å²) < 4.78 is 5.82. The summed E-state index contributed by atoms with van der Waals surface area (Å²) in [5.74, 6) is 0.637. The maximum atomic E-state index is 10.7. The third-order valence-corrected chi connectivity index (χ3v) is 3.94. The van der Waals surface area contributed by atoms with Crippen molar-refractivity contribution < 1.29 is 14.9 Å². The Bertz CT molecular complexity index is 639. The number of hydrogen-bond donors (Lipinski definition) is 3. The quantitative estimate of drug-likeness (QED) is 0.697. The molecule has 0 aliphatic rings. The van der Waals surface area contributed by atoms with Gasteiger partial charge in [-0.3, -0.25) is 0 Å². The van der Waals surface area contributed by atoms with Gasteiger partial charge in [0.2, 0.25) is 0 Å². The lowest BCUT2D eigenvalue weighted by molar-refractivity contribution is 0.0547. The fraction of sp³-hybridized carbons (Fsp3) is 0.400. The first-order valence-corrected chi connectivity index (χ1v) is 8.29. The monoisotopic (exact) mass is 329 g/mol. The SMILES string of the molecule is CC(C)NC[C@](C)(O)c1ccc(OCc2ccccc2)c(CO)c1. The van der Waals surface area contributed by atoms with E-state index in [1.807, 2.05) is 62.4 Å². The average molecular weight is 329 g/mol. The highest BCUT2D eigenvalue weighted by Crippen LogP contribution is 2.27. The van der Waals surface area contributed by atoms with Crippen molar-refractivity contribution >= 4 is 0 Å². The molecule has 2 aromatic carbocycles. The summed E-state index contributed by atoms with van der Waals surface area (Å²) in [5, 5.41) is 23.6. The average Bonchev–Trinajstić information content (AvgIpc) is 2.59. The number of benzene rings is 2. The molecule has 0 bridgehead atoms. The van der Waals surface area contributed by atoms with Crippen molar-refractivity contribution in [3.05, 3.63) is 65.2 Å². The van der Waals surface area contributed by atoms with Crippen LogP contribution in [-0.2, 0) is 18.8 Å². The minimum atomic E-state index is -1.01. The molecule has 130 valence electrons. The Hall–Kier alpha value is -1.88. The molecule has 4 nitrogen and oxygen atoms in total. The molecule has 0 aliphatic heterocycles. The van der Waals surface area contributed by atoms with Crippen LogP contribution < -0.4 is 10.1 Å². The molecule has 0 heterocycles. The summed E-state index contributed by atoms with van der Waals surface area (Å²) in [5.41, 5.74) is 1.49. The topological polar surface area (TPSA) is 61.7 Å². The van der Waals surface area contributed by atoms with Gasteiger partial charge in [0, 0.05) is 18.2 Å². The summed E-state index contributed by atoms with van der Waals surface area (Å²) >= 11 is 0. The van der Waals surface area contributed by atoms with E-state index in [4.69, 9.17) is 4.74 Å². The first-order valence-electron chi connectivity index (χ1n) is 8.29. The summed E-state index contributed by atoms with van der Waals surface area (Å²) in [6.45, 7) is 6.60. The van der Waals surface area contributed by atoms with Crippen LogP contribution in [0.4, 0.5) is 0 Å². The predicted molar refractivity (Wildman–Crippen MR) is 95.8 cm³/mol. The van der Waals surface area contributed by atoms with Crippen molar-refractivity contribution in [1.82, 2.24) is 5.32 Å². The highest BCUT2D eigenvalue weighted by atomic mass is 16.5. The van der Waals surface area contributed by atoms with Gasteiger partial charge in [0.15, 0.2) is 0 Å². The van der Waals surface area contributed by atoms with Gasteiger partial charge in [-0.15, -0.1) is 0 Å². The Morgan fingerprint density at radius 3 is 2.46 bits per heavy atom. The van der Waals surface area contributed by atoms with Crippen molar-refractivity contribution in [2.24, 2.45) is 0 Å². The van der Waals surface area contributed by atoms with Gasteiger partial charge in [0.05, 0.1) is 12.2 Å². The Labute approximate surface area is 144 Å². The Balaban J connectivity index is 2.12. The number of nitrogens with one attached hydrogen (secondary N) is 1. The first-order chi connectivity index (χ1) is 11.4. The number of rotatable bonds is 8. The van der Waals surface area contributed by atoms with Crippen molar-refractivity contribution in [2.45, 2.75) is 45.6 Å². The maximum absolute atomic E-state index is 10.7. The normalized spacial score (nSPS) is 13.8. The standard InChI is InChI=1S/C20H27NO3/c1-15(2)21-14-20(3,23)18-9-10-19(17(11-18)12-22)24-13-16-7-5-4-6-8-16/h4-11,15,21-23H,12-14H2,1-3H3/t20-/m0/s1. The van der Waals surface area contributed by atoms with Gasteiger partial charge < -0.3 is 20.3 Å². The zero-order valence-electron chi connectivity index (χ0n) is 14.6. The molecular weight excluding hydrogens is 302 g/mol. The number of ether oxygens (including phenoxy) is 1. The zero-order valence-corrected chi connectivity index (χ0v) is 14.6.